The summed E-state index contributed by atoms with van der Waals surface area (Å²) < 4.78 is 11.5. The van der Waals surface area contributed by atoms with E-state index in [9.17, 15) is 0 Å². The first kappa shape index (κ1) is 35.2. The lowest BCUT2D eigenvalue weighted by Gasteiger charge is -2.13. The van der Waals surface area contributed by atoms with E-state index < -0.39 is 0 Å². The summed E-state index contributed by atoms with van der Waals surface area (Å²) in [6, 6.07) is 74.5. The summed E-state index contributed by atoms with van der Waals surface area (Å²) in [4.78, 5) is 16.0. The molecule has 4 aromatic heterocycles. The van der Waals surface area contributed by atoms with E-state index in [1.165, 1.54) is 21.9 Å². The molecule has 0 aliphatic carbocycles. The molecule has 0 unspecified atom stereocenters. The molecule has 0 aliphatic rings. The number of aromatic nitrogens is 5. The quantitative estimate of drug-likeness (QED) is 0.168. The summed E-state index contributed by atoms with van der Waals surface area (Å²) in [5, 5.41) is 6.63. The fraction of sp³-hybridized carbons (Fsp3) is 0. The van der Waals surface area contributed by atoms with Crippen molar-refractivity contribution in [1.29, 1.82) is 0 Å². The summed E-state index contributed by atoms with van der Waals surface area (Å²) in [6.45, 7) is 0. The molecule has 0 aliphatic heterocycles. The minimum Gasteiger partial charge on any atom is -0.455 e. The van der Waals surface area contributed by atoms with Crippen molar-refractivity contribution in [3.05, 3.63) is 212 Å². The van der Waals surface area contributed by atoms with Gasteiger partial charge in [-0.2, -0.15) is 9.97 Å². The molecule has 13 rings (SSSR count). The molecular weight excluding hydrogens is 771 g/mol. The third kappa shape index (κ3) is 5.62. The van der Waals surface area contributed by atoms with Gasteiger partial charge < -0.3 is 8.98 Å². The molecule has 6 heteroatoms. The SMILES string of the molecule is c1ccc(-c2cccc(-c3ccc4oc5c(-c6nc(-c7ccccc7)nc(-n7c8ccccc8c8ccccc87)n6)cc(-n6c7ccccc7c7ccccc76)cc5c4c3)c2)cc1. The van der Waals surface area contributed by atoms with E-state index in [-0.39, 0.29) is 0 Å². The van der Waals surface area contributed by atoms with Gasteiger partial charge >= 0.3 is 0 Å². The number of hydrogen-bond acceptors (Lipinski definition) is 4. The van der Waals surface area contributed by atoms with Gasteiger partial charge in [0.15, 0.2) is 11.6 Å². The standard InChI is InChI=1S/C57H35N5O/c1-3-16-36(17-4-1)38-20-15-21-39(32-38)40-30-31-53-46(33-40)47-34-41(61-49-26-11-7-22-42(49)43-23-8-12-27-50(43)61)35-48(54(47)63-53)56-58-55(37-18-5-2-6-19-37)59-57(60-56)62-51-28-13-9-24-44(51)45-25-10-14-29-52(45)62/h1-35H. The average Bonchev–Trinajstić information content (AvgIpc) is 4.02. The average molecular weight is 806 g/mol. The van der Waals surface area contributed by atoms with E-state index in [1.54, 1.807) is 0 Å². The van der Waals surface area contributed by atoms with E-state index in [2.05, 4.69) is 191 Å². The number of furan rings is 1. The van der Waals surface area contributed by atoms with Crippen LogP contribution >= 0.6 is 0 Å². The fourth-order valence-corrected chi connectivity index (χ4v) is 9.49. The number of para-hydroxylation sites is 4. The molecule has 0 N–H and O–H groups in total. The molecule has 0 saturated heterocycles. The molecule has 0 bridgehead atoms. The van der Waals surface area contributed by atoms with Gasteiger partial charge in [-0.25, -0.2) is 4.98 Å². The van der Waals surface area contributed by atoms with Gasteiger partial charge in [-0.1, -0.05) is 158 Å². The molecule has 6 nitrogen and oxygen atoms in total. The molecule has 0 spiro atoms. The summed E-state index contributed by atoms with van der Waals surface area (Å²) in [5.74, 6) is 1.62. The predicted octanol–water partition coefficient (Wildman–Crippen LogP) is 14.6. The normalized spacial score (nSPS) is 11.8. The molecule has 4 heterocycles. The van der Waals surface area contributed by atoms with Crippen LogP contribution in [0, 0.1) is 0 Å². The van der Waals surface area contributed by atoms with Gasteiger partial charge in [0.2, 0.25) is 5.95 Å². The maximum Gasteiger partial charge on any atom is 0.238 e. The maximum absolute atomic E-state index is 6.97. The molecule has 63 heavy (non-hydrogen) atoms. The van der Waals surface area contributed by atoms with Gasteiger partial charge in [-0.3, -0.25) is 4.57 Å². The van der Waals surface area contributed by atoms with E-state index in [4.69, 9.17) is 19.4 Å². The second kappa shape index (κ2) is 14.0. The van der Waals surface area contributed by atoms with Crippen molar-refractivity contribution in [3.63, 3.8) is 0 Å². The first-order valence-electron chi connectivity index (χ1n) is 21.2. The van der Waals surface area contributed by atoms with Gasteiger partial charge in [0.05, 0.1) is 27.6 Å². The molecule has 0 saturated carbocycles. The largest absolute Gasteiger partial charge is 0.455 e. The number of nitrogens with zero attached hydrogens (tertiary/aromatic N) is 5. The molecule has 0 fully saturated rings. The fourth-order valence-electron chi connectivity index (χ4n) is 9.49. The smallest absolute Gasteiger partial charge is 0.238 e. The Bertz CT molecular complexity index is 3810. The Morgan fingerprint density at radius 1 is 0.317 bits per heavy atom. The van der Waals surface area contributed by atoms with Crippen LogP contribution in [0.5, 0.6) is 0 Å². The Morgan fingerprint density at radius 3 is 1.43 bits per heavy atom. The summed E-state index contributed by atoms with van der Waals surface area (Å²) in [7, 11) is 0. The highest BCUT2D eigenvalue weighted by atomic mass is 16.3. The van der Waals surface area contributed by atoms with Crippen molar-refractivity contribution in [2.45, 2.75) is 0 Å². The lowest BCUT2D eigenvalue weighted by molar-refractivity contribution is 0.669. The molecule has 0 radical (unpaired) electrons. The minimum absolute atomic E-state index is 0.517. The molecule has 294 valence electrons. The lowest BCUT2D eigenvalue weighted by Crippen LogP contribution is -2.06. The second-order valence-corrected chi connectivity index (χ2v) is 16.0. The Kier molecular flexibility index (Phi) is 7.80. The first-order chi connectivity index (χ1) is 31.2. The van der Waals surface area contributed by atoms with Gasteiger partial charge in [0.25, 0.3) is 0 Å². The number of benzene rings is 9. The van der Waals surface area contributed by atoms with Crippen LogP contribution in [0.4, 0.5) is 0 Å². The summed E-state index contributed by atoms with van der Waals surface area (Å²) >= 11 is 0. The minimum atomic E-state index is 0.517. The summed E-state index contributed by atoms with van der Waals surface area (Å²) in [5.41, 5.74) is 13.0. The number of fused-ring (bicyclic) bond motifs is 9. The van der Waals surface area contributed by atoms with Crippen molar-refractivity contribution >= 4 is 65.6 Å². The summed E-state index contributed by atoms with van der Waals surface area (Å²) in [6.07, 6.45) is 0. The predicted molar refractivity (Wildman–Crippen MR) is 258 cm³/mol. The highest BCUT2D eigenvalue weighted by Gasteiger charge is 2.23. The molecule has 13 aromatic rings. The third-order valence-corrected chi connectivity index (χ3v) is 12.4. The Hall–Kier alpha value is -8.61. The Morgan fingerprint density at radius 2 is 0.810 bits per heavy atom. The van der Waals surface area contributed by atoms with Crippen LogP contribution in [0.2, 0.25) is 0 Å². The van der Waals surface area contributed by atoms with E-state index in [1.807, 2.05) is 30.3 Å². The van der Waals surface area contributed by atoms with Gasteiger partial charge in [0.1, 0.15) is 11.2 Å². The van der Waals surface area contributed by atoms with Crippen LogP contribution in [0.1, 0.15) is 0 Å². The highest BCUT2D eigenvalue weighted by molar-refractivity contribution is 6.14. The highest BCUT2D eigenvalue weighted by Crippen LogP contribution is 2.42. The second-order valence-electron chi connectivity index (χ2n) is 16.0. The monoisotopic (exact) mass is 805 g/mol. The van der Waals surface area contributed by atoms with Crippen LogP contribution in [-0.2, 0) is 0 Å². The van der Waals surface area contributed by atoms with Crippen molar-refractivity contribution in [2.24, 2.45) is 0 Å². The van der Waals surface area contributed by atoms with Gasteiger partial charge in [-0.05, 0) is 76.9 Å². The van der Waals surface area contributed by atoms with E-state index in [0.717, 1.165) is 77.1 Å². The van der Waals surface area contributed by atoms with Crippen molar-refractivity contribution in [2.75, 3.05) is 0 Å². The Labute approximate surface area is 361 Å². The maximum atomic E-state index is 6.97. The molecule has 9 aromatic carbocycles. The molecule has 0 atom stereocenters. The van der Waals surface area contributed by atoms with Gasteiger partial charge in [-0.15, -0.1) is 0 Å². The molecule has 0 amide bonds. The first-order valence-corrected chi connectivity index (χ1v) is 21.2. The van der Waals surface area contributed by atoms with Crippen LogP contribution in [-0.4, -0.2) is 24.1 Å². The van der Waals surface area contributed by atoms with Crippen LogP contribution in [0.3, 0.4) is 0 Å². The number of rotatable bonds is 6. The van der Waals surface area contributed by atoms with Crippen LogP contribution in [0.15, 0.2) is 217 Å². The van der Waals surface area contributed by atoms with E-state index in [0.29, 0.717) is 23.2 Å². The zero-order chi connectivity index (χ0) is 41.4. The topological polar surface area (TPSA) is 61.7 Å². The number of hydrogen-bond donors (Lipinski definition) is 0. The van der Waals surface area contributed by atoms with Crippen LogP contribution < -0.4 is 0 Å². The van der Waals surface area contributed by atoms with Crippen molar-refractivity contribution < 1.29 is 4.42 Å². The van der Waals surface area contributed by atoms with Crippen LogP contribution in [0.25, 0.3) is 122 Å². The van der Waals surface area contributed by atoms with Crippen molar-refractivity contribution in [1.82, 2.24) is 24.1 Å². The Balaban J connectivity index is 1.11. The zero-order valence-electron chi connectivity index (χ0n) is 33.9. The third-order valence-electron chi connectivity index (χ3n) is 12.4. The zero-order valence-corrected chi connectivity index (χ0v) is 33.9. The van der Waals surface area contributed by atoms with Gasteiger partial charge in [0, 0.05) is 43.6 Å². The van der Waals surface area contributed by atoms with Crippen molar-refractivity contribution in [3.8, 4) is 56.7 Å². The lowest BCUT2D eigenvalue weighted by atomic mass is 9.97. The molecular formula is C57H35N5O. The van der Waals surface area contributed by atoms with E-state index >= 15 is 0 Å².